The van der Waals surface area contributed by atoms with Crippen LogP contribution >= 0.6 is 0 Å². The summed E-state index contributed by atoms with van der Waals surface area (Å²) in [6.07, 6.45) is 4.49. The molecule has 0 saturated carbocycles. The fourth-order valence-electron chi connectivity index (χ4n) is 4.31. The van der Waals surface area contributed by atoms with E-state index in [0.29, 0.717) is 24.9 Å². The maximum absolute atomic E-state index is 11.7. The number of hydrogen-bond acceptors (Lipinski definition) is 5. The van der Waals surface area contributed by atoms with E-state index in [0.717, 1.165) is 44.0 Å². The molecule has 2 saturated heterocycles. The molecule has 2 aliphatic heterocycles. The maximum Gasteiger partial charge on any atom is 0.211 e. The third-order valence-corrected chi connectivity index (χ3v) is 7.10. The second-order valence-electron chi connectivity index (χ2n) is 7.47. The zero-order valence-corrected chi connectivity index (χ0v) is 16.8. The van der Waals surface area contributed by atoms with Crippen LogP contribution in [0.5, 0.6) is 11.5 Å². The van der Waals surface area contributed by atoms with Gasteiger partial charge in [0.1, 0.15) is 0 Å². The Hall–Kier alpha value is -1.31. The van der Waals surface area contributed by atoms with Gasteiger partial charge in [-0.15, -0.1) is 0 Å². The number of ether oxygens (including phenoxy) is 2. The SMILES string of the molecule is COc1ccc(CN2CCC(C3CCN(S(C)(=O)=O)CC3)C2)cc1OC. The standard InChI is InChI=1S/C19H30N2O4S/c1-24-18-5-4-15(12-19(18)25-2)13-20-9-6-17(14-20)16-7-10-21(11-8-16)26(3,22)23/h4-5,12,16-17H,6-11,13-14H2,1-3H3. The molecule has 0 amide bonds. The van der Waals surface area contributed by atoms with Crippen LogP contribution in [-0.4, -0.2) is 64.3 Å². The largest absolute Gasteiger partial charge is 0.493 e. The molecule has 1 unspecified atom stereocenters. The predicted molar refractivity (Wildman–Crippen MR) is 102 cm³/mol. The Balaban J connectivity index is 1.53. The van der Waals surface area contributed by atoms with Crippen LogP contribution in [0.2, 0.25) is 0 Å². The zero-order chi connectivity index (χ0) is 18.7. The van der Waals surface area contributed by atoms with Gasteiger partial charge >= 0.3 is 0 Å². The van der Waals surface area contributed by atoms with Gasteiger partial charge in [-0.25, -0.2) is 12.7 Å². The third-order valence-electron chi connectivity index (χ3n) is 5.80. The molecular formula is C19H30N2O4S. The summed E-state index contributed by atoms with van der Waals surface area (Å²) in [7, 11) is 0.278. The Labute approximate surface area is 157 Å². The van der Waals surface area contributed by atoms with Crippen molar-refractivity contribution in [2.45, 2.75) is 25.8 Å². The monoisotopic (exact) mass is 382 g/mol. The van der Waals surface area contributed by atoms with E-state index < -0.39 is 10.0 Å². The van der Waals surface area contributed by atoms with Crippen molar-refractivity contribution in [3.63, 3.8) is 0 Å². The highest BCUT2D eigenvalue weighted by atomic mass is 32.2. The highest BCUT2D eigenvalue weighted by Gasteiger charge is 2.33. The van der Waals surface area contributed by atoms with Gasteiger partial charge in [-0.05, 0) is 55.3 Å². The number of benzene rings is 1. The molecule has 2 heterocycles. The third kappa shape index (κ3) is 4.50. The van der Waals surface area contributed by atoms with Gasteiger partial charge in [0.25, 0.3) is 0 Å². The molecule has 0 radical (unpaired) electrons. The number of hydrogen-bond donors (Lipinski definition) is 0. The van der Waals surface area contributed by atoms with Gasteiger partial charge in [0, 0.05) is 26.2 Å². The first-order chi connectivity index (χ1) is 12.4. The van der Waals surface area contributed by atoms with Crippen molar-refractivity contribution >= 4 is 10.0 Å². The first-order valence-corrected chi connectivity index (χ1v) is 11.1. The number of methoxy groups -OCH3 is 2. The molecule has 0 bridgehead atoms. The fourth-order valence-corrected chi connectivity index (χ4v) is 5.18. The molecule has 0 aliphatic carbocycles. The van der Waals surface area contributed by atoms with E-state index in [-0.39, 0.29) is 0 Å². The maximum atomic E-state index is 11.7. The average Bonchev–Trinajstić information content (AvgIpc) is 3.09. The lowest BCUT2D eigenvalue weighted by Crippen LogP contribution is -2.39. The molecule has 2 aliphatic rings. The van der Waals surface area contributed by atoms with Crippen LogP contribution < -0.4 is 9.47 Å². The molecule has 26 heavy (non-hydrogen) atoms. The van der Waals surface area contributed by atoms with Crippen molar-refractivity contribution in [1.29, 1.82) is 0 Å². The van der Waals surface area contributed by atoms with E-state index in [1.807, 2.05) is 6.07 Å². The molecular weight excluding hydrogens is 352 g/mol. The molecule has 1 atom stereocenters. The predicted octanol–water partition coefficient (Wildman–Crippen LogP) is 2.20. The summed E-state index contributed by atoms with van der Waals surface area (Å²) in [5.74, 6) is 2.85. The minimum absolute atomic E-state index is 0.642. The lowest BCUT2D eigenvalue weighted by atomic mass is 9.84. The van der Waals surface area contributed by atoms with Crippen LogP contribution in [0.3, 0.4) is 0 Å². The Morgan fingerprint density at radius 3 is 2.27 bits per heavy atom. The summed E-state index contributed by atoms with van der Waals surface area (Å²) >= 11 is 0. The molecule has 6 nitrogen and oxygen atoms in total. The highest BCUT2D eigenvalue weighted by Crippen LogP contribution is 2.34. The number of piperidine rings is 1. The van der Waals surface area contributed by atoms with Crippen molar-refractivity contribution in [3.05, 3.63) is 23.8 Å². The fraction of sp³-hybridized carbons (Fsp3) is 0.684. The van der Waals surface area contributed by atoms with Crippen LogP contribution in [0.1, 0.15) is 24.8 Å². The van der Waals surface area contributed by atoms with Gasteiger partial charge in [-0.3, -0.25) is 4.90 Å². The van der Waals surface area contributed by atoms with Crippen LogP contribution in [0.25, 0.3) is 0 Å². The average molecular weight is 383 g/mol. The summed E-state index contributed by atoms with van der Waals surface area (Å²) in [6, 6.07) is 6.11. The van der Waals surface area contributed by atoms with Gasteiger partial charge in [-0.1, -0.05) is 6.07 Å². The first-order valence-electron chi connectivity index (χ1n) is 9.29. The zero-order valence-electron chi connectivity index (χ0n) is 16.0. The van der Waals surface area contributed by atoms with Crippen molar-refractivity contribution < 1.29 is 17.9 Å². The Kier molecular flexibility index (Phi) is 6.10. The van der Waals surface area contributed by atoms with Gasteiger partial charge in [0.05, 0.1) is 20.5 Å². The Morgan fingerprint density at radius 1 is 1.00 bits per heavy atom. The quantitative estimate of drug-likeness (QED) is 0.755. The van der Waals surface area contributed by atoms with Crippen LogP contribution in [0.4, 0.5) is 0 Å². The Morgan fingerprint density at radius 2 is 1.65 bits per heavy atom. The topological polar surface area (TPSA) is 59.1 Å². The first kappa shape index (κ1) is 19.5. The number of likely N-dealkylation sites (tertiary alicyclic amines) is 1. The molecule has 0 aromatic heterocycles. The normalized spacial score (nSPS) is 23.3. The van der Waals surface area contributed by atoms with Gasteiger partial charge in [0.2, 0.25) is 10.0 Å². The van der Waals surface area contributed by atoms with Crippen LogP contribution in [0, 0.1) is 11.8 Å². The molecule has 2 fully saturated rings. The van der Waals surface area contributed by atoms with Crippen molar-refractivity contribution in [1.82, 2.24) is 9.21 Å². The van der Waals surface area contributed by atoms with Crippen LogP contribution in [-0.2, 0) is 16.6 Å². The van der Waals surface area contributed by atoms with E-state index >= 15 is 0 Å². The van der Waals surface area contributed by atoms with Crippen molar-refractivity contribution in [2.24, 2.45) is 11.8 Å². The molecule has 0 spiro atoms. The van der Waals surface area contributed by atoms with E-state index in [2.05, 4.69) is 17.0 Å². The van der Waals surface area contributed by atoms with E-state index in [1.54, 1.807) is 18.5 Å². The van der Waals surface area contributed by atoms with Crippen LogP contribution in [0.15, 0.2) is 18.2 Å². The lowest BCUT2D eigenvalue weighted by molar-refractivity contribution is 0.202. The summed E-state index contributed by atoms with van der Waals surface area (Å²) in [4.78, 5) is 2.49. The van der Waals surface area contributed by atoms with Gasteiger partial charge in [-0.2, -0.15) is 0 Å². The number of rotatable bonds is 6. The Bertz CT molecular complexity index is 714. The minimum Gasteiger partial charge on any atom is -0.493 e. The molecule has 3 rings (SSSR count). The molecule has 1 aromatic rings. The number of nitrogens with zero attached hydrogens (tertiary/aromatic N) is 2. The van der Waals surface area contributed by atoms with E-state index in [9.17, 15) is 8.42 Å². The smallest absolute Gasteiger partial charge is 0.211 e. The minimum atomic E-state index is -3.04. The van der Waals surface area contributed by atoms with E-state index in [1.165, 1.54) is 18.2 Å². The molecule has 1 aromatic carbocycles. The van der Waals surface area contributed by atoms with E-state index in [4.69, 9.17) is 9.47 Å². The van der Waals surface area contributed by atoms with Gasteiger partial charge < -0.3 is 9.47 Å². The second-order valence-corrected chi connectivity index (χ2v) is 9.46. The summed E-state index contributed by atoms with van der Waals surface area (Å²) in [5.41, 5.74) is 1.23. The van der Waals surface area contributed by atoms with Crippen molar-refractivity contribution in [2.75, 3.05) is 46.7 Å². The molecule has 146 valence electrons. The van der Waals surface area contributed by atoms with Crippen molar-refractivity contribution in [3.8, 4) is 11.5 Å². The lowest BCUT2D eigenvalue weighted by Gasteiger charge is -2.33. The summed E-state index contributed by atoms with van der Waals surface area (Å²) < 4.78 is 35.7. The molecule has 7 heteroatoms. The second kappa shape index (κ2) is 8.15. The summed E-state index contributed by atoms with van der Waals surface area (Å²) in [5, 5.41) is 0. The molecule has 0 N–H and O–H groups in total. The number of sulfonamides is 1. The van der Waals surface area contributed by atoms with Gasteiger partial charge in [0.15, 0.2) is 11.5 Å². The summed E-state index contributed by atoms with van der Waals surface area (Å²) in [6.45, 7) is 4.47. The highest BCUT2D eigenvalue weighted by molar-refractivity contribution is 7.88.